The topological polar surface area (TPSA) is 58.6 Å². The standard InChI is InChI=1S/C14H18N2O3/c1-4-7-16-12-6-5-11(15-10(3)17)8-13(12)19-9(2)14(16)18/h5-6,8-9H,4,7H2,1-3H3,(H,15,17). The highest BCUT2D eigenvalue weighted by atomic mass is 16.5. The molecule has 1 unspecified atom stereocenters. The summed E-state index contributed by atoms with van der Waals surface area (Å²) in [5.74, 6) is 0.471. The van der Waals surface area contributed by atoms with E-state index < -0.39 is 6.10 Å². The molecule has 0 aromatic heterocycles. The fraction of sp³-hybridized carbons (Fsp3) is 0.429. The van der Waals surface area contributed by atoms with Gasteiger partial charge in [0, 0.05) is 25.2 Å². The van der Waals surface area contributed by atoms with E-state index in [0.717, 1.165) is 12.1 Å². The number of ether oxygens (including phenoxy) is 1. The molecule has 0 spiro atoms. The number of carbonyl (C=O) groups is 2. The summed E-state index contributed by atoms with van der Waals surface area (Å²) in [6.07, 6.45) is 0.386. The Hall–Kier alpha value is -2.04. The van der Waals surface area contributed by atoms with Gasteiger partial charge >= 0.3 is 0 Å². The van der Waals surface area contributed by atoms with Crippen LogP contribution in [0.2, 0.25) is 0 Å². The third kappa shape index (κ3) is 2.70. The molecule has 1 atom stereocenters. The summed E-state index contributed by atoms with van der Waals surface area (Å²) in [4.78, 5) is 24.9. The molecule has 5 nitrogen and oxygen atoms in total. The minimum atomic E-state index is -0.494. The monoisotopic (exact) mass is 262 g/mol. The number of nitrogens with zero attached hydrogens (tertiary/aromatic N) is 1. The molecule has 0 bridgehead atoms. The van der Waals surface area contributed by atoms with Crippen molar-refractivity contribution in [3.63, 3.8) is 0 Å². The van der Waals surface area contributed by atoms with Crippen molar-refractivity contribution < 1.29 is 14.3 Å². The van der Waals surface area contributed by atoms with Crippen LogP contribution in [0.25, 0.3) is 0 Å². The zero-order chi connectivity index (χ0) is 14.0. The third-order valence-corrected chi connectivity index (χ3v) is 2.94. The van der Waals surface area contributed by atoms with Gasteiger partial charge in [-0.2, -0.15) is 0 Å². The van der Waals surface area contributed by atoms with Crippen LogP contribution in [0.1, 0.15) is 27.2 Å². The molecule has 0 saturated carbocycles. The molecule has 0 saturated heterocycles. The number of carbonyl (C=O) groups excluding carboxylic acids is 2. The molecule has 1 aromatic carbocycles. The number of amides is 2. The first-order valence-corrected chi connectivity index (χ1v) is 6.42. The molecule has 0 fully saturated rings. The molecule has 1 aliphatic rings. The Morgan fingerprint density at radius 1 is 1.47 bits per heavy atom. The molecule has 2 rings (SSSR count). The van der Waals surface area contributed by atoms with Crippen molar-refractivity contribution in [2.45, 2.75) is 33.3 Å². The summed E-state index contributed by atoms with van der Waals surface area (Å²) in [6, 6.07) is 5.33. The van der Waals surface area contributed by atoms with Gasteiger partial charge in [0.25, 0.3) is 5.91 Å². The summed E-state index contributed by atoms with van der Waals surface area (Å²) in [5, 5.41) is 2.71. The van der Waals surface area contributed by atoms with E-state index in [1.165, 1.54) is 6.92 Å². The predicted molar refractivity (Wildman–Crippen MR) is 73.5 cm³/mol. The molecule has 0 radical (unpaired) electrons. The van der Waals surface area contributed by atoms with Gasteiger partial charge in [0.15, 0.2) is 6.10 Å². The normalized spacial score (nSPS) is 17.7. The summed E-state index contributed by atoms with van der Waals surface area (Å²) in [5.41, 5.74) is 1.43. The zero-order valence-corrected chi connectivity index (χ0v) is 11.4. The highest BCUT2D eigenvalue weighted by Crippen LogP contribution is 2.36. The Kier molecular flexibility index (Phi) is 3.74. The average molecular weight is 262 g/mol. The maximum Gasteiger partial charge on any atom is 0.267 e. The second-order valence-electron chi connectivity index (χ2n) is 4.61. The van der Waals surface area contributed by atoms with Crippen LogP contribution in [0.4, 0.5) is 11.4 Å². The number of hydrogen-bond acceptors (Lipinski definition) is 3. The van der Waals surface area contributed by atoms with Gasteiger partial charge in [-0.1, -0.05) is 6.92 Å². The van der Waals surface area contributed by atoms with E-state index in [1.54, 1.807) is 30.0 Å². The van der Waals surface area contributed by atoms with Crippen LogP contribution >= 0.6 is 0 Å². The summed E-state index contributed by atoms with van der Waals surface area (Å²) < 4.78 is 5.60. The largest absolute Gasteiger partial charge is 0.479 e. The zero-order valence-electron chi connectivity index (χ0n) is 11.4. The van der Waals surface area contributed by atoms with E-state index in [0.29, 0.717) is 18.0 Å². The molecule has 19 heavy (non-hydrogen) atoms. The van der Waals surface area contributed by atoms with E-state index in [2.05, 4.69) is 5.32 Å². The number of benzene rings is 1. The molecule has 2 amide bonds. The van der Waals surface area contributed by atoms with Crippen molar-refractivity contribution >= 4 is 23.2 Å². The van der Waals surface area contributed by atoms with E-state index in [9.17, 15) is 9.59 Å². The fourth-order valence-electron chi connectivity index (χ4n) is 2.15. The van der Waals surface area contributed by atoms with E-state index >= 15 is 0 Å². The Balaban J connectivity index is 2.36. The molecule has 1 aliphatic heterocycles. The molecule has 1 N–H and O–H groups in total. The van der Waals surface area contributed by atoms with Crippen molar-refractivity contribution in [1.82, 2.24) is 0 Å². The molecule has 0 aliphatic carbocycles. The van der Waals surface area contributed by atoms with E-state index in [1.807, 2.05) is 6.92 Å². The van der Waals surface area contributed by atoms with Gasteiger partial charge in [0.05, 0.1) is 5.69 Å². The maximum atomic E-state index is 12.1. The first-order valence-electron chi connectivity index (χ1n) is 6.42. The molecule has 102 valence electrons. The van der Waals surface area contributed by atoms with Gasteiger partial charge < -0.3 is 15.0 Å². The average Bonchev–Trinajstić information content (AvgIpc) is 2.34. The Bertz CT molecular complexity index is 513. The van der Waals surface area contributed by atoms with Gasteiger partial charge in [-0.05, 0) is 25.5 Å². The molecule has 1 heterocycles. The van der Waals surface area contributed by atoms with E-state index in [-0.39, 0.29) is 11.8 Å². The number of fused-ring (bicyclic) bond motifs is 1. The lowest BCUT2D eigenvalue weighted by atomic mass is 10.1. The molecular weight excluding hydrogens is 244 g/mol. The highest BCUT2D eigenvalue weighted by Gasteiger charge is 2.30. The lowest BCUT2D eigenvalue weighted by molar-refractivity contribution is -0.125. The summed E-state index contributed by atoms with van der Waals surface area (Å²) in [7, 11) is 0. The predicted octanol–water partition coefficient (Wildman–Crippen LogP) is 2.17. The van der Waals surface area contributed by atoms with Crippen LogP contribution in [0.15, 0.2) is 18.2 Å². The maximum absolute atomic E-state index is 12.1. The van der Waals surface area contributed by atoms with Crippen molar-refractivity contribution in [2.24, 2.45) is 0 Å². The minimum absolute atomic E-state index is 0.0263. The van der Waals surface area contributed by atoms with Crippen LogP contribution in [0.3, 0.4) is 0 Å². The van der Waals surface area contributed by atoms with Crippen LogP contribution in [-0.2, 0) is 9.59 Å². The number of anilines is 2. The number of rotatable bonds is 3. The number of hydrogen-bond donors (Lipinski definition) is 1. The quantitative estimate of drug-likeness (QED) is 0.908. The third-order valence-electron chi connectivity index (χ3n) is 2.94. The molecular formula is C14H18N2O3. The second-order valence-corrected chi connectivity index (χ2v) is 4.61. The van der Waals surface area contributed by atoms with Crippen LogP contribution in [-0.4, -0.2) is 24.5 Å². The van der Waals surface area contributed by atoms with Gasteiger partial charge in [0.1, 0.15) is 5.75 Å². The van der Waals surface area contributed by atoms with Crippen molar-refractivity contribution in [1.29, 1.82) is 0 Å². The number of nitrogens with one attached hydrogen (secondary N) is 1. The molecule has 1 aromatic rings. The van der Waals surface area contributed by atoms with Gasteiger partial charge in [-0.25, -0.2) is 0 Å². The molecule has 5 heteroatoms. The second kappa shape index (κ2) is 5.30. The fourth-order valence-corrected chi connectivity index (χ4v) is 2.15. The lowest BCUT2D eigenvalue weighted by Gasteiger charge is -2.33. The van der Waals surface area contributed by atoms with Crippen molar-refractivity contribution in [3.05, 3.63) is 18.2 Å². The summed E-state index contributed by atoms with van der Waals surface area (Å²) in [6.45, 7) is 5.88. The highest BCUT2D eigenvalue weighted by molar-refractivity contribution is 6.00. The van der Waals surface area contributed by atoms with Crippen molar-refractivity contribution in [3.8, 4) is 5.75 Å². The lowest BCUT2D eigenvalue weighted by Crippen LogP contribution is -2.44. The first-order chi connectivity index (χ1) is 9.02. The van der Waals surface area contributed by atoms with Gasteiger partial charge in [-0.15, -0.1) is 0 Å². The van der Waals surface area contributed by atoms with Crippen molar-refractivity contribution in [2.75, 3.05) is 16.8 Å². The van der Waals surface area contributed by atoms with Gasteiger partial charge in [-0.3, -0.25) is 9.59 Å². The minimum Gasteiger partial charge on any atom is -0.479 e. The van der Waals surface area contributed by atoms with E-state index in [4.69, 9.17) is 4.74 Å². The Labute approximate surface area is 112 Å². The van der Waals surface area contributed by atoms with Crippen LogP contribution < -0.4 is 15.0 Å². The Morgan fingerprint density at radius 3 is 2.84 bits per heavy atom. The van der Waals surface area contributed by atoms with Crippen LogP contribution in [0.5, 0.6) is 5.75 Å². The van der Waals surface area contributed by atoms with Gasteiger partial charge in [0.2, 0.25) is 5.91 Å². The Morgan fingerprint density at radius 2 is 2.21 bits per heavy atom. The first kappa shape index (κ1) is 13.4. The van der Waals surface area contributed by atoms with Crippen LogP contribution in [0, 0.1) is 0 Å². The SMILES string of the molecule is CCCN1C(=O)C(C)Oc2cc(NC(C)=O)ccc21. The smallest absolute Gasteiger partial charge is 0.267 e. The summed E-state index contributed by atoms with van der Waals surface area (Å²) >= 11 is 0.